The fourth-order valence-corrected chi connectivity index (χ4v) is 4.49. The number of carbonyl (C=O) groups is 1. The summed E-state index contributed by atoms with van der Waals surface area (Å²) in [4.78, 5) is 25.1. The molecule has 1 aliphatic carbocycles. The second-order valence-electron chi connectivity index (χ2n) is 8.41. The van der Waals surface area contributed by atoms with Gasteiger partial charge in [0.25, 0.3) is 11.3 Å². The highest BCUT2D eigenvalue weighted by molar-refractivity contribution is 5.92. The van der Waals surface area contributed by atoms with Crippen molar-refractivity contribution in [2.24, 2.45) is 0 Å². The first-order valence-electron chi connectivity index (χ1n) is 10.7. The number of benzene rings is 2. The van der Waals surface area contributed by atoms with Gasteiger partial charge in [0.15, 0.2) is 11.4 Å². The van der Waals surface area contributed by atoms with Crippen molar-refractivity contribution in [3.63, 3.8) is 0 Å². The first-order valence-corrected chi connectivity index (χ1v) is 10.7. The monoisotopic (exact) mass is 417 g/mol. The van der Waals surface area contributed by atoms with E-state index in [-0.39, 0.29) is 17.7 Å². The number of aryl methyl sites for hydroxylation is 1. The predicted octanol–water partition coefficient (Wildman–Crippen LogP) is 3.70. The molecule has 0 aliphatic heterocycles. The second kappa shape index (κ2) is 8.76. The third-order valence-electron chi connectivity index (χ3n) is 6.11. The van der Waals surface area contributed by atoms with E-state index in [2.05, 4.69) is 41.6 Å². The molecular formula is C25H27N3O3. The summed E-state index contributed by atoms with van der Waals surface area (Å²) in [5, 5.41) is 17.3. The Morgan fingerprint density at radius 1 is 1.13 bits per heavy atom. The van der Waals surface area contributed by atoms with Gasteiger partial charge in [0.05, 0.1) is 12.7 Å². The Kier molecular flexibility index (Phi) is 5.89. The minimum Gasteiger partial charge on any atom is -0.503 e. The third kappa shape index (κ3) is 4.53. The van der Waals surface area contributed by atoms with Gasteiger partial charge in [-0.25, -0.2) is 0 Å². The van der Waals surface area contributed by atoms with Crippen LogP contribution in [-0.2, 0) is 18.5 Å². The van der Waals surface area contributed by atoms with Crippen molar-refractivity contribution in [3.05, 3.63) is 93.4 Å². The molecule has 0 radical (unpaired) electrons. The minimum atomic E-state index is -0.752. The highest BCUT2D eigenvalue weighted by atomic mass is 16.3. The summed E-state index contributed by atoms with van der Waals surface area (Å²) in [5.74, 6) is -1.05. The molecule has 2 aromatic carbocycles. The van der Waals surface area contributed by atoms with Crippen molar-refractivity contribution >= 4 is 5.91 Å². The lowest BCUT2D eigenvalue weighted by Crippen LogP contribution is -2.34. The summed E-state index contributed by atoms with van der Waals surface area (Å²) in [6.07, 6.45) is 5.57. The van der Waals surface area contributed by atoms with E-state index in [1.54, 1.807) is 4.68 Å². The number of nitrogens with one attached hydrogen (secondary N) is 1. The van der Waals surface area contributed by atoms with Crippen molar-refractivity contribution in [1.29, 1.82) is 0 Å². The SMILES string of the molecule is Cc1cccc(C2(Cn3cc(O)c(=O)c(C(=O)NCc4ccccc4)n3)CCCC2)c1. The van der Waals surface area contributed by atoms with Gasteiger partial charge in [-0.3, -0.25) is 14.3 Å². The zero-order chi connectivity index (χ0) is 21.8. The molecule has 1 aliphatic rings. The number of aromatic hydroxyl groups is 1. The molecule has 31 heavy (non-hydrogen) atoms. The number of nitrogens with zero attached hydrogens (tertiary/aromatic N) is 2. The Labute approximate surface area is 181 Å². The van der Waals surface area contributed by atoms with Crippen molar-refractivity contribution in [2.75, 3.05) is 0 Å². The van der Waals surface area contributed by atoms with Gasteiger partial charge < -0.3 is 10.4 Å². The van der Waals surface area contributed by atoms with E-state index in [1.165, 1.54) is 17.3 Å². The van der Waals surface area contributed by atoms with Gasteiger partial charge in [-0.05, 0) is 30.9 Å². The van der Waals surface area contributed by atoms with Gasteiger partial charge in [-0.1, -0.05) is 73.0 Å². The molecule has 6 heteroatoms. The molecule has 4 rings (SSSR count). The standard InChI is InChI=1S/C25H27N3O3/c1-18-8-7-11-20(14-18)25(12-5-6-13-25)17-28-16-21(29)23(30)22(27-28)24(31)26-15-19-9-3-2-4-10-19/h2-4,7-11,14,16,29H,5-6,12-13,15,17H2,1H3,(H,26,31). The average molecular weight is 418 g/mol. The maximum absolute atomic E-state index is 12.7. The van der Waals surface area contributed by atoms with Crippen molar-refractivity contribution in [2.45, 2.75) is 51.1 Å². The molecule has 0 unspecified atom stereocenters. The van der Waals surface area contributed by atoms with Crippen molar-refractivity contribution < 1.29 is 9.90 Å². The predicted molar refractivity (Wildman–Crippen MR) is 119 cm³/mol. The van der Waals surface area contributed by atoms with Crippen LogP contribution in [0, 0.1) is 6.92 Å². The van der Waals surface area contributed by atoms with Crippen molar-refractivity contribution in [3.8, 4) is 5.75 Å². The summed E-state index contributed by atoms with van der Waals surface area (Å²) in [5.41, 5.74) is 2.19. The maximum Gasteiger partial charge on any atom is 0.276 e. The fraction of sp³-hybridized carbons (Fsp3) is 0.320. The molecule has 3 aromatic rings. The topological polar surface area (TPSA) is 84.2 Å². The molecule has 160 valence electrons. The van der Waals surface area contributed by atoms with Crippen LogP contribution in [0.1, 0.15) is 52.9 Å². The van der Waals surface area contributed by atoms with E-state index in [1.807, 2.05) is 30.3 Å². The molecule has 0 spiro atoms. The van der Waals surface area contributed by atoms with Crippen LogP contribution in [0.25, 0.3) is 0 Å². The van der Waals surface area contributed by atoms with Gasteiger partial charge in [-0.2, -0.15) is 5.10 Å². The Morgan fingerprint density at radius 3 is 2.58 bits per heavy atom. The summed E-state index contributed by atoms with van der Waals surface area (Å²) in [6.45, 7) is 2.86. The van der Waals surface area contributed by atoms with Gasteiger partial charge in [0, 0.05) is 12.0 Å². The van der Waals surface area contributed by atoms with Gasteiger partial charge >= 0.3 is 0 Å². The quantitative estimate of drug-likeness (QED) is 0.641. The summed E-state index contributed by atoms with van der Waals surface area (Å²) in [7, 11) is 0. The third-order valence-corrected chi connectivity index (χ3v) is 6.11. The first kappa shape index (κ1) is 20.8. The first-order chi connectivity index (χ1) is 15.0. The van der Waals surface area contributed by atoms with Crippen molar-refractivity contribution in [1.82, 2.24) is 15.1 Å². The number of carbonyl (C=O) groups excluding carboxylic acids is 1. The molecule has 1 fully saturated rings. The van der Waals surface area contributed by atoms with E-state index in [4.69, 9.17) is 0 Å². The highest BCUT2D eigenvalue weighted by Gasteiger charge is 2.36. The highest BCUT2D eigenvalue weighted by Crippen LogP contribution is 2.42. The summed E-state index contributed by atoms with van der Waals surface area (Å²) in [6, 6.07) is 17.9. The molecule has 1 amide bonds. The molecule has 1 aromatic heterocycles. The number of amides is 1. The van der Waals surface area contributed by atoms with Gasteiger partial charge in [-0.15, -0.1) is 0 Å². The number of rotatable bonds is 6. The minimum absolute atomic E-state index is 0.127. The normalized spacial score (nSPS) is 15.0. The lowest BCUT2D eigenvalue weighted by Gasteiger charge is -2.30. The second-order valence-corrected chi connectivity index (χ2v) is 8.41. The number of hydrogen-bond donors (Lipinski definition) is 2. The van der Waals surface area contributed by atoms with Crippen LogP contribution in [0.5, 0.6) is 5.75 Å². The van der Waals surface area contributed by atoms with Gasteiger partial charge in [0.2, 0.25) is 0 Å². The molecule has 0 saturated heterocycles. The van der Waals surface area contributed by atoms with Crippen LogP contribution >= 0.6 is 0 Å². The zero-order valence-corrected chi connectivity index (χ0v) is 17.7. The Bertz CT molecular complexity index is 1130. The van der Waals surface area contributed by atoms with Crippen LogP contribution in [-0.4, -0.2) is 20.8 Å². The van der Waals surface area contributed by atoms with Crippen LogP contribution in [0.15, 0.2) is 65.6 Å². The van der Waals surface area contributed by atoms with Crippen LogP contribution in [0.3, 0.4) is 0 Å². The average Bonchev–Trinajstić information content (AvgIpc) is 3.25. The molecule has 1 heterocycles. The number of aromatic nitrogens is 2. The van der Waals surface area contributed by atoms with E-state index in [9.17, 15) is 14.7 Å². The number of hydrogen-bond acceptors (Lipinski definition) is 4. The van der Waals surface area contributed by atoms with Crippen LogP contribution in [0.4, 0.5) is 0 Å². The smallest absolute Gasteiger partial charge is 0.276 e. The lowest BCUT2D eigenvalue weighted by molar-refractivity contribution is 0.0940. The van der Waals surface area contributed by atoms with Crippen LogP contribution < -0.4 is 10.7 Å². The summed E-state index contributed by atoms with van der Waals surface area (Å²) >= 11 is 0. The summed E-state index contributed by atoms with van der Waals surface area (Å²) < 4.78 is 1.56. The Morgan fingerprint density at radius 2 is 1.87 bits per heavy atom. The van der Waals surface area contributed by atoms with Gasteiger partial charge in [0.1, 0.15) is 0 Å². The molecule has 0 atom stereocenters. The Balaban J connectivity index is 1.61. The molecule has 6 nitrogen and oxygen atoms in total. The van der Waals surface area contributed by atoms with E-state index >= 15 is 0 Å². The Hall–Kier alpha value is -3.41. The molecule has 0 bridgehead atoms. The van der Waals surface area contributed by atoms with E-state index < -0.39 is 17.1 Å². The molecular weight excluding hydrogens is 390 g/mol. The lowest BCUT2D eigenvalue weighted by atomic mass is 9.78. The van der Waals surface area contributed by atoms with Crippen LogP contribution in [0.2, 0.25) is 0 Å². The molecule has 1 saturated carbocycles. The maximum atomic E-state index is 12.7. The largest absolute Gasteiger partial charge is 0.503 e. The van der Waals surface area contributed by atoms with E-state index in [0.717, 1.165) is 31.2 Å². The zero-order valence-electron chi connectivity index (χ0n) is 17.7. The van der Waals surface area contributed by atoms with E-state index in [0.29, 0.717) is 6.54 Å². The molecule has 2 N–H and O–H groups in total. The fourth-order valence-electron chi connectivity index (χ4n) is 4.49.